The van der Waals surface area contributed by atoms with E-state index in [9.17, 15) is 9.18 Å². The minimum Gasteiger partial charge on any atom is -0.277 e. The van der Waals surface area contributed by atoms with Crippen LogP contribution in [0.5, 0.6) is 0 Å². The second-order valence-corrected chi connectivity index (χ2v) is 10.5. The first-order chi connectivity index (χ1) is 19.6. The molecule has 0 N–H and O–H groups in total. The molecule has 0 amide bonds. The first-order valence-electron chi connectivity index (χ1n) is 12.8. The van der Waals surface area contributed by atoms with Gasteiger partial charge in [-0.3, -0.25) is 19.3 Å². The second-order valence-electron chi connectivity index (χ2n) is 10.1. The summed E-state index contributed by atoms with van der Waals surface area (Å²) in [7, 11) is 0. The maximum absolute atomic E-state index is 16.3. The van der Waals surface area contributed by atoms with Gasteiger partial charge in [0.15, 0.2) is 17.5 Å². The number of nitrogens with zero attached hydrogens (tertiary/aromatic N) is 7. The van der Waals surface area contributed by atoms with Crippen molar-refractivity contribution >= 4 is 11.6 Å². The standard InChI is InChI=1S/C29H23ClF3N7O/c1-13-10-36-26(19-5-6-35-28(24(19)32)40-16(4)37-15(3)38-40)25(33)27(13)39-14(2)7-22(23(30)29(39)41)21-9-20(21)17-8-18(31)12-34-11-17/h5-8,10-12,20-21H,9H2,1-4H3/t20-,21+/m1/s1. The normalized spacial score (nSPS) is 16.3. The molecule has 5 aromatic rings. The lowest BCUT2D eigenvalue weighted by molar-refractivity contribution is 0.588. The lowest BCUT2D eigenvalue weighted by Crippen LogP contribution is -2.24. The fourth-order valence-electron chi connectivity index (χ4n) is 5.33. The van der Waals surface area contributed by atoms with Gasteiger partial charge in [-0.1, -0.05) is 11.6 Å². The summed E-state index contributed by atoms with van der Waals surface area (Å²) in [5.74, 6) is -1.62. The summed E-state index contributed by atoms with van der Waals surface area (Å²) in [6.07, 6.45) is 6.11. The van der Waals surface area contributed by atoms with E-state index in [4.69, 9.17) is 11.6 Å². The van der Waals surface area contributed by atoms with E-state index in [1.165, 1.54) is 33.8 Å². The van der Waals surface area contributed by atoms with Crippen molar-refractivity contribution in [2.45, 2.75) is 46.0 Å². The summed E-state index contributed by atoms with van der Waals surface area (Å²) in [5.41, 5.74) is 0.965. The van der Waals surface area contributed by atoms with Crippen molar-refractivity contribution < 1.29 is 13.2 Å². The number of halogens is 4. The molecule has 5 heterocycles. The Labute approximate surface area is 237 Å². The Balaban J connectivity index is 1.44. The Bertz CT molecular complexity index is 1920. The molecule has 0 aliphatic heterocycles. The molecule has 0 radical (unpaired) electrons. The molecule has 1 saturated carbocycles. The summed E-state index contributed by atoms with van der Waals surface area (Å²) in [5, 5.41) is 4.12. The number of rotatable bonds is 5. The fraction of sp³-hybridized carbons (Fsp3) is 0.241. The molecule has 1 aliphatic carbocycles. The van der Waals surface area contributed by atoms with Gasteiger partial charge in [-0.2, -0.15) is 4.68 Å². The third-order valence-corrected chi connectivity index (χ3v) is 7.69. The number of pyridine rings is 4. The molecule has 1 aliphatic rings. The van der Waals surface area contributed by atoms with Gasteiger partial charge < -0.3 is 0 Å². The number of hydrogen-bond donors (Lipinski definition) is 0. The maximum Gasteiger partial charge on any atom is 0.274 e. The summed E-state index contributed by atoms with van der Waals surface area (Å²) >= 11 is 6.59. The van der Waals surface area contributed by atoms with Crippen LogP contribution in [-0.2, 0) is 0 Å². The van der Waals surface area contributed by atoms with Crippen LogP contribution in [0, 0.1) is 45.1 Å². The van der Waals surface area contributed by atoms with Gasteiger partial charge in [0.25, 0.3) is 5.56 Å². The highest BCUT2D eigenvalue weighted by Crippen LogP contribution is 2.55. The van der Waals surface area contributed by atoms with Crippen molar-refractivity contribution in [3.63, 3.8) is 0 Å². The first kappa shape index (κ1) is 26.8. The molecule has 208 valence electrons. The molecule has 0 aromatic carbocycles. The van der Waals surface area contributed by atoms with Crippen LogP contribution in [0.4, 0.5) is 13.2 Å². The van der Waals surface area contributed by atoms with Gasteiger partial charge in [0.2, 0.25) is 0 Å². The highest BCUT2D eigenvalue weighted by Gasteiger charge is 2.42. The molecule has 0 bridgehead atoms. The van der Waals surface area contributed by atoms with E-state index in [0.29, 0.717) is 34.9 Å². The van der Waals surface area contributed by atoms with Gasteiger partial charge in [0.1, 0.15) is 28.2 Å². The topological polar surface area (TPSA) is 91.4 Å². The smallest absolute Gasteiger partial charge is 0.274 e. The minimum atomic E-state index is -0.892. The molecular weight excluding hydrogens is 555 g/mol. The Morgan fingerprint density at radius 3 is 2.46 bits per heavy atom. The van der Waals surface area contributed by atoms with E-state index in [1.54, 1.807) is 40.0 Å². The summed E-state index contributed by atoms with van der Waals surface area (Å²) in [4.78, 5) is 29.9. The molecule has 0 unspecified atom stereocenters. The quantitative estimate of drug-likeness (QED) is 0.260. The van der Waals surface area contributed by atoms with Crippen molar-refractivity contribution in [3.8, 4) is 22.8 Å². The lowest BCUT2D eigenvalue weighted by atomic mass is 10.0. The molecule has 0 saturated heterocycles. The third-order valence-electron chi connectivity index (χ3n) is 7.31. The van der Waals surface area contributed by atoms with E-state index in [0.717, 1.165) is 11.8 Å². The molecule has 5 aromatic heterocycles. The van der Waals surface area contributed by atoms with Crippen LogP contribution < -0.4 is 5.56 Å². The zero-order chi connectivity index (χ0) is 29.2. The van der Waals surface area contributed by atoms with E-state index in [2.05, 4.69) is 25.0 Å². The van der Waals surface area contributed by atoms with Crippen LogP contribution in [0.15, 0.2) is 47.8 Å². The number of aryl methyl sites for hydroxylation is 4. The highest BCUT2D eigenvalue weighted by atomic mass is 35.5. The van der Waals surface area contributed by atoms with Crippen molar-refractivity contribution in [1.29, 1.82) is 0 Å². The molecule has 0 spiro atoms. The van der Waals surface area contributed by atoms with Gasteiger partial charge in [-0.05, 0) is 80.8 Å². The van der Waals surface area contributed by atoms with Crippen LogP contribution >= 0.6 is 11.6 Å². The Hall–Kier alpha value is -4.38. The third kappa shape index (κ3) is 4.50. The Morgan fingerprint density at radius 1 is 0.976 bits per heavy atom. The van der Waals surface area contributed by atoms with Gasteiger partial charge in [-0.15, -0.1) is 5.10 Å². The predicted octanol–water partition coefficient (Wildman–Crippen LogP) is 5.85. The number of aromatic nitrogens is 7. The average molecular weight is 578 g/mol. The summed E-state index contributed by atoms with van der Waals surface area (Å²) < 4.78 is 48.1. The molecule has 6 rings (SSSR count). The fourth-order valence-corrected chi connectivity index (χ4v) is 5.61. The van der Waals surface area contributed by atoms with Gasteiger partial charge in [0.05, 0.1) is 11.9 Å². The SMILES string of the molecule is Cc1nc(C)n(-c2nccc(-c3ncc(C)c(-n4c(C)cc([C@H]5C[C@@H]5c5cncc(F)c5)c(Cl)c4=O)c3F)c2F)n1. The van der Waals surface area contributed by atoms with Crippen LogP contribution in [-0.4, -0.2) is 34.3 Å². The Kier molecular flexibility index (Phi) is 6.49. The first-order valence-corrected chi connectivity index (χ1v) is 13.2. The lowest BCUT2D eigenvalue weighted by Gasteiger charge is -2.18. The average Bonchev–Trinajstić information content (AvgIpc) is 3.65. The van der Waals surface area contributed by atoms with Crippen molar-refractivity contribution in [1.82, 2.24) is 34.3 Å². The Morgan fingerprint density at radius 2 is 1.76 bits per heavy atom. The summed E-state index contributed by atoms with van der Waals surface area (Å²) in [6.45, 7) is 6.59. The van der Waals surface area contributed by atoms with Gasteiger partial charge in [-0.25, -0.2) is 23.1 Å². The highest BCUT2D eigenvalue weighted by molar-refractivity contribution is 6.31. The monoisotopic (exact) mass is 577 g/mol. The number of hydrogen-bond acceptors (Lipinski definition) is 6. The molecule has 8 nitrogen and oxygen atoms in total. The van der Waals surface area contributed by atoms with E-state index in [1.807, 2.05) is 0 Å². The largest absolute Gasteiger partial charge is 0.277 e. The molecular formula is C29H23ClF3N7O. The molecule has 41 heavy (non-hydrogen) atoms. The second kappa shape index (κ2) is 9.91. The van der Waals surface area contributed by atoms with E-state index < -0.39 is 23.0 Å². The molecule has 1 fully saturated rings. The van der Waals surface area contributed by atoms with Crippen LogP contribution in [0.1, 0.15) is 52.3 Å². The van der Waals surface area contributed by atoms with Crippen LogP contribution in [0.25, 0.3) is 22.8 Å². The van der Waals surface area contributed by atoms with Gasteiger partial charge in [0, 0.05) is 29.8 Å². The molecule has 12 heteroatoms. The zero-order valence-electron chi connectivity index (χ0n) is 22.5. The predicted molar refractivity (Wildman–Crippen MR) is 146 cm³/mol. The van der Waals surface area contributed by atoms with Crippen LogP contribution in [0.3, 0.4) is 0 Å². The van der Waals surface area contributed by atoms with E-state index in [-0.39, 0.29) is 39.6 Å². The minimum absolute atomic E-state index is 0.0300. The maximum atomic E-state index is 16.3. The molecule has 2 atom stereocenters. The van der Waals surface area contributed by atoms with Crippen molar-refractivity contribution in [2.24, 2.45) is 0 Å². The van der Waals surface area contributed by atoms with Crippen molar-refractivity contribution in [3.05, 3.63) is 110 Å². The summed E-state index contributed by atoms with van der Waals surface area (Å²) in [6, 6.07) is 4.47. The van der Waals surface area contributed by atoms with Crippen LogP contribution in [0.2, 0.25) is 5.02 Å². The van der Waals surface area contributed by atoms with Crippen molar-refractivity contribution in [2.75, 3.05) is 0 Å². The van der Waals surface area contributed by atoms with Gasteiger partial charge >= 0.3 is 0 Å². The van der Waals surface area contributed by atoms with E-state index >= 15 is 8.78 Å². The zero-order valence-corrected chi connectivity index (χ0v) is 23.2.